The maximum Gasteiger partial charge on any atom is 0.165 e. The smallest absolute Gasteiger partial charge is 0.165 e. The van der Waals surface area contributed by atoms with Crippen molar-refractivity contribution in [2.75, 3.05) is 0 Å². The summed E-state index contributed by atoms with van der Waals surface area (Å²) in [4.78, 5) is 0. The van der Waals surface area contributed by atoms with Gasteiger partial charge >= 0.3 is 0 Å². The molecule has 0 saturated carbocycles. The molecule has 0 aliphatic heterocycles. The first kappa shape index (κ1) is 13.6. The van der Waals surface area contributed by atoms with Crippen molar-refractivity contribution in [2.45, 2.75) is 26.5 Å². The van der Waals surface area contributed by atoms with E-state index in [-0.39, 0.29) is 5.82 Å². The number of halogens is 1. The molecule has 0 saturated heterocycles. The van der Waals surface area contributed by atoms with Gasteiger partial charge in [0, 0.05) is 6.54 Å². The quantitative estimate of drug-likeness (QED) is 0.893. The fourth-order valence-electron chi connectivity index (χ4n) is 1.81. The standard InChI is InChI=1S/C16H18FNO/c1-2-12-7-8-16(15(17)9-12)19-11-14-5-3-13(10-18)4-6-14/h3-9H,2,10-11,18H2,1H3. The van der Waals surface area contributed by atoms with Gasteiger partial charge in [-0.1, -0.05) is 37.3 Å². The van der Waals surface area contributed by atoms with E-state index in [2.05, 4.69) is 0 Å². The van der Waals surface area contributed by atoms with Gasteiger partial charge in [-0.25, -0.2) is 4.39 Å². The molecule has 0 aromatic heterocycles. The predicted molar refractivity (Wildman–Crippen MR) is 74.4 cm³/mol. The zero-order chi connectivity index (χ0) is 13.7. The molecule has 0 bridgehead atoms. The number of hydrogen-bond acceptors (Lipinski definition) is 2. The summed E-state index contributed by atoms with van der Waals surface area (Å²) in [6, 6.07) is 12.9. The number of rotatable bonds is 5. The molecular formula is C16H18FNO. The number of hydrogen-bond donors (Lipinski definition) is 1. The van der Waals surface area contributed by atoms with E-state index in [1.54, 1.807) is 6.07 Å². The van der Waals surface area contributed by atoms with Gasteiger partial charge in [0.2, 0.25) is 0 Å². The Bertz CT molecular complexity index is 537. The summed E-state index contributed by atoms with van der Waals surface area (Å²) < 4.78 is 19.2. The van der Waals surface area contributed by atoms with Crippen molar-refractivity contribution in [3.8, 4) is 5.75 Å². The van der Waals surface area contributed by atoms with E-state index >= 15 is 0 Å². The molecule has 2 aromatic carbocycles. The maximum absolute atomic E-state index is 13.7. The van der Waals surface area contributed by atoms with Gasteiger partial charge < -0.3 is 10.5 Å². The van der Waals surface area contributed by atoms with Crippen LogP contribution in [0.3, 0.4) is 0 Å². The number of aryl methyl sites for hydroxylation is 1. The Kier molecular flexibility index (Phi) is 4.53. The van der Waals surface area contributed by atoms with E-state index < -0.39 is 0 Å². The van der Waals surface area contributed by atoms with Crippen LogP contribution in [0.2, 0.25) is 0 Å². The Balaban J connectivity index is 2.01. The molecule has 0 amide bonds. The third-order valence-corrected chi connectivity index (χ3v) is 3.06. The average molecular weight is 259 g/mol. The first-order valence-corrected chi connectivity index (χ1v) is 6.42. The molecule has 2 nitrogen and oxygen atoms in total. The molecule has 19 heavy (non-hydrogen) atoms. The molecule has 2 aromatic rings. The highest BCUT2D eigenvalue weighted by Gasteiger charge is 2.04. The van der Waals surface area contributed by atoms with Crippen molar-refractivity contribution in [1.82, 2.24) is 0 Å². The molecule has 100 valence electrons. The zero-order valence-electron chi connectivity index (χ0n) is 11.0. The Hall–Kier alpha value is -1.87. The summed E-state index contributed by atoms with van der Waals surface area (Å²) in [5, 5.41) is 0. The lowest BCUT2D eigenvalue weighted by atomic mass is 10.1. The van der Waals surface area contributed by atoms with Gasteiger partial charge in [0.05, 0.1) is 0 Å². The van der Waals surface area contributed by atoms with Crippen molar-refractivity contribution in [2.24, 2.45) is 5.73 Å². The fraction of sp³-hybridized carbons (Fsp3) is 0.250. The predicted octanol–water partition coefficient (Wildman–Crippen LogP) is 3.43. The minimum Gasteiger partial charge on any atom is -0.486 e. The molecule has 0 aliphatic rings. The van der Waals surface area contributed by atoms with Gasteiger partial charge in [0.15, 0.2) is 11.6 Å². The van der Waals surface area contributed by atoms with Crippen LogP contribution in [0.5, 0.6) is 5.75 Å². The Labute approximate surface area is 113 Å². The third-order valence-electron chi connectivity index (χ3n) is 3.06. The molecule has 0 heterocycles. The van der Waals surface area contributed by atoms with Crippen LogP contribution in [0.1, 0.15) is 23.6 Å². The number of nitrogens with two attached hydrogens (primary N) is 1. The monoisotopic (exact) mass is 259 g/mol. The highest BCUT2D eigenvalue weighted by molar-refractivity contribution is 5.30. The third kappa shape index (κ3) is 3.55. The van der Waals surface area contributed by atoms with Crippen LogP contribution in [0.15, 0.2) is 42.5 Å². The maximum atomic E-state index is 13.7. The molecule has 0 spiro atoms. The summed E-state index contributed by atoms with van der Waals surface area (Å²) in [7, 11) is 0. The molecular weight excluding hydrogens is 241 g/mol. The van der Waals surface area contributed by atoms with Crippen LogP contribution in [-0.2, 0) is 19.6 Å². The molecule has 0 aliphatic carbocycles. The lowest BCUT2D eigenvalue weighted by molar-refractivity contribution is 0.290. The van der Waals surface area contributed by atoms with E-state index in [4.69, 9.17) is 10.5 Å². The summed E-state index contributed by atoms with van der Waals surface area (Å²) in [5.41, 5.74) is 8.57. The van der Waals surface area contributed by atoms with Crippen molar-refractivity contribution in [3.63, 3.8) is 0 Å². The molecule has 3 heteroatoms. The Morgan fingerprint density at radius 3 is 2.21 bits per heavy atom. The first-order chi connectivity index (χ1) is 9.22. The summed E-state index contributed by atoms with van der Waals surface area (Å²) in [6.45, 7) is 2.87. The second-order valence-electron chi connectivity index (χ2n) is 4.43. The average Bonchev–Trinajstić information content (AvgIpc) is 2.46. The van der Waals surface area contributed by atoms with E-state index in [9.17, 15) is 4.39 Å². The number of benzene rings is 2. The topological polar surface area (TPSA) is 35.2 Å². The van der Waals surface area contributed by atoms with Crippen molar-refractivity contribution < 1.29 is 9.13 Å². The lowest BCUT2D eigenvalue weighted by Crippen LogP contribution is -2.00. The Morgan fingerprint density at radius 1 is 1.00 bits per heavy atom. The van der Waals surface area contributed by atoms with E-state index in [1.807, 2.05) is 37.3 Å². The van der Waals surface area contributed by atoms with Gasteiger partial charge in [-0.3, -0.25) is 0 Å². The second kappa shape index (κ2) is 6.34. The Morgan fingerprint density at radius 2 is 1.63 bits per heavy atom. The van der Waals surface area contributed by atoms with Crippen LogP contribution < -0.4 is 10.5 Å². The first-order valence-electron chi connectivity index (χ1n) is 6.42. The fourth-order valence-corrected chi connectivity index (χ4v) is 1.81. The van der Waals surface area contributed by atoms with E-state index in [0.717, 1.165) is 23.1 Å². The molecule has 0 atom stereocenters. The molecule has 2 N–H and O–H groups in total. The second-order valence-corrected chi connectivity index (χ2v) is 4.43. The van der Waals surface area contributed by atoms with Crippen molar-refractivity contribution in [3.05, 3.63) is 65.0 Å². The SMILES string of the molecule is CCc1ccc(OCc2ccc(CN)cc2)c(F)c1. The van der Waals surface area contributed by atoms with Crippen LogP contribution >= 0.6 is 0 Å². The van der Waals surface area contributed by atoms with Gasteiger partial charge in [0.1, 0.15) is 6.61 Å². The normalized spacial score (nSPS) is 10.5. The van der Waals surface area contributed by atoms with E-state index in [1.165, 1.54) is 6.07 Å². The van der Waals surface area contributed by atoms with Crippen LogP contribution in [0.4, 0.5) is 4.39 Å². The van der Waals surface area contributed by atoms with Gasteiger partial charge in [-0.2, -0.15) is 0 Å². The minimum absolute atomic E-state index is 0.292. The minimum atomic E-state index is -0.307. The van der Waals surface area contributed by atoms with E-state index in [0.29, 0.717) is 18.9 Å². The van der Waals surface area contributed by atoms with Crippen molar-refractivity contribution in [1.29, 1.82) is 0 Å². The van der Waals surface area contributed by atoms with Gasteiger partial charge in [-0.05, 0) is 35.2 Å². The van der Waals surface area contributed by atoms with Crippen LogP contribution in [0, 0.1) is 5.82 Å². The highest BCUT2D eigenvalue weighted by atomic mass is 19.1. The highest BCUT2D eigenvalue weighted by Crippen LogP contribution is 2.20. The number of ether oxygens (including phenoxy) is 1. The van der Waals surface area contributed by atoms with Crippen molar-refractivity contribution >= 4 is 0 Å². The zero-order valence-corrected chi connectivity index (χ0v) is 11.0. The molecule has 0 radical (unpaired) electrons. The summed E-state index contributed by atoms with van der Waals surface area (Å²) >= 11 is 0. The van der Waals surface area contributed by atoms with Crippen LogP contribution in [-0.4, -0.2) is 0 Å². The largest absolute Gasteiger partial charge is 0.486 e. The summed E-state index contributed by atoms with van der Waals surface area (Å²) in [6.07, 6.45) is 0.817. The lowest BCUT2D eigenvalue weighted by Gasteiger charge is -2.08. The summed E-state index contributed by atoms with van der Waals surface area (Å²) in [5.74, 6) is -0.0157. The van der Waals surface area contributed by atoms with Gasteiger partial charge in [-0.15, -0.1) is 0 Å². The molecule has 0 fully saturated rings. The van der Waals surface area contributed by atoms with Gasteiger partial charge in [0.25, 0.3) is 0 Å². The molecule has 2 rings (SSSR count). The molecule has 0 unspecified atom stereocenters. The van der Waals surface area contributed by atoms with Crippen LogP contribution in [0.25, 0.3) is 0 Å².